The topological polar surface area (TPSA) is 96.1 Å². The molecule has 2 aromatic carbocycles. The van der Waals surface area contributed by atoms with Gasteiger partial charge in [0.15, 0.2) is 11.5 Å². The highest BCUT2D eigenvalue weighted by Gasteiger charge is 2.24. The summed E-state index contributed by atoms with van der Waals surface area (Å²) >= 11 is 0. The number of piperazine rings is 1. The van der Waals surface area contributed by atoms with Crippen LogP contribution in [0.1, 0.15) is 21.6 Å². The van der Waals surface area contributed by atoms with E-state index in [1.165, 1.54) is 12.7 Å². The van der Waals surface area contributed by atoms with Crippen LogP contribution in [0.2, 0.25) is 0 Å². The number of nitrogens with zero attached hydrogens (tertiary/aromatic N) is 2. The number of nitrogens with one attached hydrogen (secondary N) is 2. The second kappa shape index (κ2) is 9.36. The van der Waals surface area contributed by atoms with Gasteiger partial charge in [0.05, 0.1) is 19.3 Å². The van der Waals surface area contributed by atoms with E-state index < -0.39 is 5.97 Å². The summed E-state index contributed by atoms with van der Waals surface area (Å²) in [7, 11) is 1.33. The second-order valence-electron chi connectivity index (χ2n) is 8.65. The molecule has 0 aliphatic carbocycles. The van der Waals surface area contributed by atoms with Crippen LogP contribution in [0, 0.1) is 6.92 Å². The number of rotatable bonds is 6. The molecule has 1 aromatic heterocycles. The van der Waals surface area contributed by atoms with Crippen LogP contribution in [0.25, 0.3) is 10.9 Å². The standard InChI is InChI=1S/C25H28N4O5/c1-16-4-3-5-18-22(16)23(24(26-18)25(31)32-2)27-21(30)14-29-10-8-28(9-11-29)13-17-6-7-19-20(12-17)34-15-33-19/h3-7,12,26H,8-11,13-15H2,1-2H3,(H,27,30). The van der Waals surface area contributed by atoms with Crippen molar-refractivity contribution in [2.24, 2.45) is 0 Å². The third-order valence-electron chi connectivity index (χ3n) is 6.36. The van der Waals surface area contributed by atoms with Crippen molar-refractivity contribution in [2.45, 2.75) is 13.5 Å². The van der Waals surface area contributed by atoms with Crippen LogP contribution in [0.4, 0.5) is 5.69 Å². The number of aromatic amines is 1. The zero-order valence-corrected chi connectivity index (χ0v) is 19.3. The predicted molar refractivity (Wildman–Crippen MR) is 127 cm³/mol. The lowest BCUT2D eigenvalue weighted by Crippen LogP contribution is -2.48. The summed E-state index contributed by atoms with van der Waals surface area (Å²) in [5.41, 5.74) is 3.67. The Morgan fingerprint density at radius 3 is 2.62 bits per heavy atom. The fourth-order valence-electron chi connectivity index (χ4n) is 4.59. The predicted octanol–water partition coefficient (Wildman–Crippen LogP) is 2.75. The van der Waals surface area contributed by atoms with Crippen LogP contribution in [-0.4, -0.2) is 73.3 Å². The van der Waals surface area contributed by atoms with E-state index in [1.807, 2.05) is 37.3 Å². The molecule has 5 rings (SSSR count). The Morgan fingerprint density at radius 2 is 1.82 bits per heavy atom. The highest BCUT2D eigenvalue weighted by atomic mass is 16.7. The van der Waals surface area contributed by atoms with Crippen molar-refractivity contribution in [2.75, 3.05) is 51.9 Å². The Balaban J connectivity index is 1.19. The van der Waals surface area contributed by atoms with Gasteiger partial charge in [0, 0.05) is 43.6 Å². The van der Waals surface area contributed by atoms with Crippen LogP contribution < -0.4 is 14.8 Å². The highest BCUT2D eigenvalue weighted by Crippen LogP contribution is 2.33. The van der Waals surface area contributed by atoms with Crippen LogP contribution in [0.5, 0.6) is 11.5 Å². The van der Waals surface area contributed by atoms with E-state index in [-0.39, 0.29) is 24.9 Å². The number of benzene rings is 2. The molecule has 0 saturated carbocycles. The van der Waals surface area contributed by atoms with Crippen LogP contribution in [0.3, 0.4) is 0 Å². The minimum absolute atomic E-state index is 0.154. The summed E-state index contributed by atoms with van der Waals surface area (Å²) in [6, 6.07) is 11.8. The molecule has 1 amide bonds. The Kier molecular flexibility index (Phi) is 6.12. The highest BCUT2D eigenvalue weighted by molar-refractivity contribution is 6.12. The largest absolute Gasteiger partial charge is 0.464 e. The van der Waals surface area contributed by atoms with Crippen LogP contribution >= 0.6 is 0 Å². The maximum atomic E-state index is 12.9. The van der Waals surface area contributed by atoms with Gasteiger partial charge >= 0.3 is 5.97 Å². The van der Waals surface area contributed by atoms with Gasteiger partial charge in [-0.2, -0.15) is 0 Å². The molecule has 3 heterocycles. The van der Waals surface area contributed by atoms with E-state index in [2.05, 4.69) is 26.2 Å². The van der Waals surface area contributed by atoms with Gasteiger partial charge in [-0.3, -0.25) is 14.6 Å². The molecule has 2 N–H and O–H groups in total. The van der Waals surface area contributed by atoms with Gasteiger partial charge in [0.2, 0.25) is 12.7 Å². The first-order valence-corrected chi connectivity index (χ1v) is 11.3. The van der Waals surface area contributed by atoms with Gasteiger partial charge < -0.3 is 24.5 Å². The first kappa shape index (κ1) is 22.2. The summed E-state index contributed by atoms with van der Waals surface area (Å²) in [5.74, 6) is 0.925. The molecule has 0 unspecified atom stereocenters. The third-order valence-corrected chi connectivity index (χ3v) is 6.36. The molecule has 9 nitrogen and oxygen atoms in total. The number of carbonyl (C=O) groups excluding carboxylic acids is 2. The fourth-order valence-corrected chi connectivity index (χ4v) is 4.59. The fraction of sp³-hybridized carbons (Fsp3) is 0.360. The molecule has 3 aromatic rings. The normalized spacial score (nSPS) is 16.1. The number of amides is 1. The number of aromatic nitrogens is 1. The molecular formula is C25H28N4O5. The molecule has 0 radical (unpaired) electrons. The van der Waals surface area contributed by atoms with E-state index in [0.717, 1.165) is 60.7 Å². The first-order chi connectivity index (χ1) is 16.5. The van der Waals surface area contributed by atoms with E-state index in [1.54, 1.807) is 0 Å². The molecule has 9 heteroatoms. The van der Waals surface area contributed by atoms with Gasteiger partial charge in [0.25, 0.3) is 0 Å². The molecule has 0 bridgehead atoms. The lowest BCUT2D eigenvalue weighted by molar-refractivity contribution is -0.117. The third kappa shape index (κ3) is 4.44. The number of esters is 1. The zero-order chi connectivity index (χ0) is 23.7. The molecule has 34 heavy (non-hydrogen) atoms. The Morgan fingerprint density at radius 1 is 1.06 bits per heavy atom. The average molecular weight is 465 g/mol. The van der Waals surface area contributed by atoms with Crippen molar-refractivity contribution in [1.29, 1.82) is 0 Å². The summed E-state index contributed by atoms with van der Waals surface area (Å²) in [6.45, 7) is 6.61. The van der Waals surface area contributed by atoms with Crippen molar-refractivity contribution >= 4 is 28.5 Å². The maximum absolute atomic E-state index is 12.9. The number of hydrogen-bond donors (Lipinski definition) is 2. The monoisotopic (exact) mass is 464 g/mol. The Hall–Kier alpha value is -3.56. The molecule has 178 valence electrons. The van der Waals surface area contributed by atoms with E-state index >= 15 is 0 Å². The number of hydrogen-bond acceptors (Lipinski definition) is 7. The summed E-state index contributed by atoms with van der Waals surface area (Å²) in [6.07, 6.45) is 0. The number of H-pyrrole nitrogens is 1. The minimum Gasteiger partial charge on any atom is -0.464 e. The van der Waals surface area contributed by atoms with E-state index in [0.29, 0.717) is 5.69 Å². The zero-order valence-electron chi connectivity index (χ0n) is 19.3. The van der Waals surface area contributed by atoms with Gasteiger partial charge in [-0.15, -0.1) is 0 Å². The van der Waals surface area contributed by atoms with Crippen molar-refractivity contribution in [1.82, 2.24) is 14.8 Å². The van der Waals surface area contributed by atoms with Crippen molar-refractivity contribution < 1.29 is 23.8 Å². The molecule has 2 aliphatic rings. The SMILES string of the molecule is COC(=O)c1[nH]c2cccc(C)c2c1NC(=O)CN1CCN(Cc2ccc3c(c2)OCO3)CC1. The van der Waals surface area contributed by atoms with Gasteiger partial charge in [-0.25, -0.2) is 4.79 Å². The van der Waals surface area contributed by atoms with Gasteiger partial charge in [0.1, 0.15) is 5.69 Å². The second-order valence-corrected chi connectivity index (χ2v) is 8.65. The summed E-state index contributed by atoms with van der Waals surface area (Å²) in [4.78, 5) is 32.8. The molecule has 1 saturated heterocycles. The molecule has 0 spiro atoms. The lowest BCUT2D eigenvalue weighted by atomic mass is 10.1. The quantitative estimate of drug-likeness (QED) is 0.542. The maximum Gasteiger partial charge on any atom is 0.356 e. The van der Waals surface area contributed by atoms with Crippen LogP contribution in [0.15, 0.2) is 36.4 Å². The number of ether oxygens (including phenoxy) is 3. The smallest absolute Gasteiger partial charge is 0.356 e. The average Bonchev–Trinajstić information content (AvgIpc) is 3.45. The van der Waals surface area contributed by atoms with Crippen molar-refractivity contribution in [3.63, 3.8) is 0 Å². The number of anilines is 1. The van der Waals surface area contributed by atoms with Gasteiger partial charge in [-0.05, 0) is 36.2 Å². The number of carbonyl (C=O) groups is 2. The van der Waals surface area contributed by atoms with E-state index in [9.17, 15) is 9.59 Å². The summed E-state index contributed by atoms with van der Waals surface area (Å²) < 4.78 is 15.8. The molecular weight excluding hydrogens is 436 g/mol. The Labute approximate surface area is 197 Å². The van der Waals surface area contributed by atoms with Crippen LogP contribution in [-0.2, 0) is 16.1 Å². The number of fused-ring (bicyclic) bond motifs is 2. The van der Waals surface area contributed by atoms with E-state index in [4.69, 9.17) is 14.2 Å². The Bertz CT molecular complexity index is 1230. The number of aryl methyl sites for hydroxylation is 1. The molecule has 2 aliphatic heterocycles. The van der Waals surface area contributed by atoms with Crippen molar-refractivity contribution in [3.8, 4) is 11.5 Å². The molecule has 1 fully saturated rings. The molecule has 0 atom stereocenters. The van der Waals surface area contributed by atoms with Gasteiger partial charge in [-0.1, -0.05) is 18.2 Å². The summed E-state index contributed by atoms with van der Waals surface area (Å²) in [5, 5.41) is 3.78. The minimum atomic E-state index is -0.511. The number of methoxy groups -OCH3 is 1. The first-order valence-electron chi connectivity index (χ1n) is 11.3. The van der Waals surface area contributed by atoms with Crippen molar-refractivity contribution in [3.05, 3.63) is 53.2 Å². The lowest BCUT2D eigenvalue weighted by Gasteiger charge is -2.34.